The number of piperidine rings is 1. The zero-order valence-electron chi connectivity index (χ0n) is 18.9. The molecule has 0 radical (unpaired) electrons. The van der Waals surface area contributed by atoms with E-state index in [1.807, 2.05) is 18.2 Å². The summed E-state index contributed by atoms with van der Waals surface area (Å²) >= 11 is 6.14. The molecule has 5 rings (SSSR count). The van der Waals surface area contributed by atoms with Crippen molar-refractivity contribution < 1.29 is 9.18 Å². The Morgan fingerprint density at radius 2 is 1.88 bits per heavy atom. The van der Waals surface area contributed by atoms with Gasteiger partial charge in [0.15, 0.2) is 6.29 Å². The van der Waals surface area contributed by atoms with E-state index in [2.05, 4.69) is 20.9 Å². The van der Waals surface area contributed by atoms with Crippen molar-refractivity contribution in [3.63, 3.8) is 0 Å². The van der Waals surface area contributed by atoms with Gasteiger partial charge >= 0.3 is 0 Å². The van der Waals surface area contributed by atoms with Gasteiger partial charge in [-0.3, -0.25) is 9.78 Å². The minimum atomic E-state index is -0.651. The van der Waals surface area contributed by atoms with E-state index >= 15 is 0 Å². The summed E-state index contributed by atoms with van der Waals surface area (Å²) in [5.74, 6) is 0.0341. The molecule has 2 saturated heterocycles. The van der Waals surface area contributed by atoms with Crippen LogP contribution in [0, 0.1) is 23.1 Å². The molecule has 34 heavy (non-hydrogen) atoms. The van der Waals surface area contributed by atoms with E-state index in [1.54, 1.807) is 12.3 Å². The summed E-state index contributed by atoms with van der Waals surface area (Å²) in [6.45, 7) is 5.39. The highest BCUT2D eigenvalue weighted by atomic mass is 35.5. The number of fused-ring (bicyclic) bond motifs is 1. The third-order valence-electron chi connectivity index (χ3n) is 7.14. The molecule has 0 bridgehead atoms. The zero-order chi connectivity index (χ0) is 23.7. The van der Waals surface area contributed by atoms with Gasteiger partial charge in [-0.15, -0.1) is 0 Å². The van der Waals surface area contributed by atoms with Crippen LogP contribution in [0.3, 0.4) is 0 Å². The number of aromatic nitrogens is 1. The molecule has 0 aliphatic carbocycles. The summed E-state index contributed by atoms with van der Waals surface area (Å²) in [5.41, 5.74) is 3.42. The molecule has 3 aromatic rings. The first-order chi connectivity index (χ1) is 16.6. The number of carbonyl (C=O) groups excluding carboxylic acids is 1. The lowest BCUT2D eigenvalue weighted by molar-refractivity contribution is 0.112. The molecule has 2 aliphatic heterocycles. The van der Waals surface area contributed by atoms with Crippen molar-refractivity contribution in [3.05, 3.63) is 58.5 Å². The molecule has 2 aliphatic rings. The summed E-state index contributed by atoms with van der Waals surface area (Å²) in [5, 5.41) is 10.8. The van der Waals surface area contributed by atoms with Gasteiger partial charge in [0.05, 0.1) is 27.4 Å². The Morgan fingerprint density at radius 1 is 1.12 bits per heavy atom. The number of hydrogen-bond acceptors (Lipinski definition) is 5. The molecule has 174 valence electrons. The lowest BCUT2D eigenvalue weighted by Gasteiger charge is -2.36. The molecule has 0 atom stereocenters. The maximum atomic E-state index is 14.4. The summed E-state index contributed by atoms with van der Waals surface area (Å²) in [7, 11) is 0. The summed E-state index contributed by atoms with van der Waals surface area (Å²) in [4.78, 5) is 20.5. The summed E-state index contributed by atoms with van der Waals surface area (Å²) < 4.78 is 14.4. The van der Waals surface area contributed by atoms with Crippen molar-refractivity contribution in [2.75, 3.05) is 37.6 Å². The number of halogens is 2. The maximum Gasteiger partial charge on any atom is 0.154 e. The predicted octanol–water partition coefficient (Wildman–Crippen LogP) is 5.69. The van der Waals surface area contributed by atoms with E-state index in [0.29, 0.717) is 23.3 Å². The standard InChI is InChI=1S/C27H26ClFN4O/c28-24-12-20(13-25(29)23(24)17-34)19-3-4-26-22(11-19)27(21(14-30)15-31-26)33-9-5-18(6-10-33)16-32-7-1-2-8-32/h3-4,11-13,15,17-18H,1-2,5-10,16H2. The zero-order valence-corrected chi connectivity index (χ0v) is 19.7. The fraction of sp³-hybridized carbons (Fsp3) is 0.370. The van der Waals surface area contributed by atoms with E-state index in [1.165, 1.54) is 38.5 Å². The fourth-order valence-electron chi connectivity index (χ4n) is 5.31. The second-order valence-electron chi connectivity index (χ2n) is 9.27. The topological polar surface area (TPSA) is 60.2 Å². The van der Waals surface area contributed by atoms with Gasteiger partial charge in [-0.25, -0.2) is 4.39 Å². The molecule has 2 fully saturated rings. The molecular formula is C27H26ClFN4O. The van der Waals surface area contributed by atoms with Crippen molar-refractivity contribution in [1.29, 1.82) is 5.26 Å². The van der Waals surface area contributed by atoms with Crippen LogP contribution in [-0.2, 0) is 0 Å². The van der Waals surface area contributed by atoms with Crippen LogP contribution >= 0.6 is 11.6 Å². The number of aldehydes is 1. The molecule has 2 aromatic carbocycles. The van der Waals surface area contributed by atoms with Crippen LogP contribution in [-0.4, -0.2) is 48.9 Å². The SMILES string of the molecule is N#Cc1cnc2ccc(-c3cc(F)c(C=O)c(Cl)c3)cc2c1N1CCC(CN2CCCC2)CC1. The molecule has 0 saturated carbocycles. The third kappa shape index (κ3) is 4.38. The van der Waals surface area contributed by atoms with E-state index in [0.717, 1.165) is 48.1 Å². The highest BCUT2D eigenvalue weighted by Crippen LogP contribution is 2.36. The lowest BCUT2D eigenvalue weighted by Crippen LogP contribution is -2.38. The highest BCUT2D eigenvalue weighted by molar-refractivity contribution is 6.33. The quantitative estimate of drug-likeness (QED) is 0.443. The molecule has 3 heterocycles. The van der Waals surface area contributed by atoms with Gasteiger partial charge in [-0.2, -0.15) is 5.26 Å². The van der Waals surface area contributed by atoms with Gasteiger partial charge < -0.3 is 9.80 Å². The molecule has 0 spiro atoms. The van der Waals surface area contributed by atoms with Gasteiger partial charge in [0.1, 0.15) is 11.9 Å². The number of hydrogen-bond donors (Lipinski definition) is 0. The fourth-order valence-corrected chi connectivity index (χ4v) is 5.57. The Bertz CT molecular complexity index is 1250. The molecule has 0 unspecified atom stereocenters. The molecule has 5 nitrogen and oxygen atoms in total. The molecule has 7 heteroatoms. The normalized spacial score (nSPS) is 17.3. The van der Waals surface area contributed by atoms with Gasteiger partial charge in [0, 0.05) is 31.2 Å². The van der Waals surface area contributed by atoms with Crippen molar-refractivity contribution in [2.45, 2.75) is 25.7 Å². The molecule has 0 N–H and O–H groups in total. The predicted molar refractivity (Wildman–Crippen MR) is 133 cm³/mol. The Hall–Kier alpha value is -3.01. The molecule has 1 aromatic heterocycles. The van der Waals surface area contributed by atoms with Crippen LogP contribution < -0.4 is 4.90 Å². The molecule has 0 amide bonds. The summed E-state index contributed by atoms with van der Waals surface area (Å²) in [6, 6.07) is 10.9. The van der Waals surface area contributed by atoms with E-state index < -0.39 is 5.82 Å². The maximum absolute atomic E-state index is 14.4. The number of anilines is 1. The molecular weight excluding hydrogens is 451 g/mol. The van der Waals surface area contributed by atoms with E-state index in [-0.39, 0.29) is 10.6 Å². The van der Waals surface area contributed by atoms with Crippen LogP contribution in [0.4, 0.5) is 10.1 Å². The Labute approximate surface area is 203 Å². The number of carbonyl (C=O) groups is 1. The van der Waals surface area contributed by atoms with Crippen molar-refractivity contribution in [3.8, 4) is 17.2 Å². The number of nitriles is 1. The van der Waals surface area contributed by atoms with Crippen molar-refractivity contribution >= 4 is 34.5 Å². The number of pyridine rings is 1. The Morgan fingerprint density at radius 3 is 2.56 bits per heavy atom. The highest BCUT2D eigenvalue weighted by Gasteiger charge is 2.25. The van der Waals surface area contributed by atoms with Gasteiger partial charge in [0.25, 0.3) is 0 Å². The van der Waals surface area contributed by atoms with Crippen LogP contribution in [0.25, 0.3) is 22.0 Å². The lowest BCUT2D eigenvalue weighted by atomic mass is 9.94. The third-order valence-corrected chi connectivity index (χ3v) is 7.45. The minimum Gasteiger partial charge on any atom is -0.370 e. The second kappa shape index (κ2) is 9.69. The Kier molecular flexibility index (Phi) is 6.49. The monoisotopic (exact) mass is 476 g/mol. The largest absolute Gasteiger partial charge is 0.370 e. The number of nitrogens with zero attached hydrogens (tertiary/aromatic N) is 4. The van der Waals surface area contributed by atoms with Crippen LogP contribution in [0.2, 0.25) is 5.02 Å². The first-order valence-corrected chi connectivity index (χ1v) is 12.2. The number of likely N-dealkylation sites (tertiary alicyclic amines) is 1. The average molecular weight is 477 g/mol. The smallest absolute Gasteiger partial charge is 0.154 e. The van der Waals surface area contributed by atoms with Crippen molar-refractivity contribution in [2.24, 2.45) is 5.92 Å². The van der Waals surface area contributed by atoms with Gasteiger partial charge in [-0.05, 0) is 80.1 Å². The minimum absolute atomic E-state index is 0.0781. The van der Waals surface area contributed by atoms with Gasteiger partial charge in [-0.1, -0.05) is 17.7 Å². The Balaban J connectivity index is 1.48. The van der Waals surface area contributed by atoms with E-state index in [9.17, 15) is 14.4 Å². The van der Waals surface area contributed by atoms with E-state index in [4.69, 9.17) is 11.6 Å². The van der Waals surface area contributed by atoms with Crippen LogP contribution in [0.1, 0.15) is 41.6 Å². The first kappa shape index (κ1) is 22.8. The average Bonchev–Trinajstić information content (AvgIpc) is 3.36. The number of rotatable bonds is 5. The van der Waals surface area contributed by atoms with Crippen LogP contribution in [0.15, 0.2) is 36.5 Å². The van der Waals surface area contributed by atoms with Crippen molar-refractivity contribution in [1.82, 2.24) is 9.88 Å². The first-order valence-electron chi connectivity index (χ1n) is 11.8. The summed E-state index contributed by atoms with van der Waals surface area (Å²) in [6.07, 6.45) is 6.88. The number of benzene rings is 2. The second-order valence-corrected chi connectivity index (χ2v) is 9.68. The van der Waals surface area contributed by atoms with Gasteiger partial charge in [0.2, 0.25) is 0 Å². The van der Waals surface area contributed by atoms with Crippen LogP contribution in [0.5, 0.6) is 0 Å².